The van der Waals surface area contributed by atoms with Crippen molar-refractivity contribution in [3.63, 3.8) is 0 Å². The smallest absolute Gasteiger partial charge is 0.128 e. The van der Waals surface area contributed by atoms with Gasteiger partial charge in [0.05, 0.1) is 11.6 Å². The predicted octanol–water partition coefficient (Wildman–Crippen LogP) is 2.55. The van der Waals surface area contributed by atoms with Crippen LogP contribution >= 0.6 is 0 Å². The van der Waals surface area contributed by atoms with Crippen molar-refractivity contribution in [1.82, 2.24) is 0 Å². The first-order chi connectivity index (χ1) is 6.85. The summed E-state index contributed by atoms with van der Waals surface area (Å²) in [6.45, 7) is 2.60. The van der Waals surface area contributed by atoms with Crippen LogP contribution in [0.3, 0.4) is 0 Å². The normalized spacial score (nSPS) is 13.6. The molecule has 0 spiro atoms. The lowest BCUT2D eigenvalue weighted by Crippen LogP contribution is -2.04. The summed E-state index contributed by atoms with van der Waals surface area (Å²) >= 11 is 0. The molecule has 0 saturated carbocycles. The lowest BCUT2D eigenvalue weighted by atomic mass is 10.0. The molecule has 1 aliphatic heterocycles. The van der Waals surface area contributed by atoms with Crippen molar-refractivity contribution >= 4 is 5.57 Å². The van der Waals surface area contributed by atoms with Crippen LogP contribution in [0.5, 0.6) is 5.75 Å². The van der Waals surface area contributed by atoms with E-state index in [1.165, 1.54) is 5.56 Å². The van der Waals surface area contributed by atoms with Crippen LogP contribution in [0.4, 0.5) is 0 Å². The highest BCUT2D eigenvalue weighted by molar-refractivity contribution is 5.81. The zero-order chi connectivity index (χ0) is 9.97. The first-order valence-corrected chi connectivity index (χ1v) is 4.71. The Kier molecular flexibility index (Phi) is 2.24. The van der Waals surface area contributed by atoms with Gasteiger partial charge in [-0.15, -0.1) is 0 Å². The Morgan fingerprint density at radius 1 is 1.50 bits per heavy atom. The summed E-state index contributed by atoms with van der Waals surface area (Å²) in [6.07, 6.45) is 2.80. The molecule has 14 heavy (non-hydrogen) atoms. The molecule has 0 unspecified atom stereocenters. The first-order valence-electron chi connectivity index (χ1n) is 4.71. The minimum absolute atomic E-state index is 0.501. The number of aryl methyl sites for hydroxylation is 1. The van der Waals surface area contributed by atoms with Gasteiger partial charge in [0.2, 0.25) is 0 Å². The summed E-state index contributed by atoms with van der Waals surface area (Å²) in [4.78, 5) is 0. The molecule has 2 rings (SSSR count). The van der Waals surface area contributed by atoms with Crippen LogP contribution in [0.2, 0.25) is 0 Å². The van der Waals surface area contributed by atoms with Crippen LogP contribution in [-0.4, -0.2) is 6.61 Å². The van der Waals surface area contributed by atoms with Crippen LogP contribution in [0.15, 0.2) is 24.3 Å². The van der Waals surface area contributed by atoms with Gasteiger partial charge in [-0.3, -0.25) is 0 Å². The number of allylic oxidation sites excluding steroid dienone is 1. The zero-order valence-electron chi connectivity index (χ0n) is 8.08. The Labute approximate surface area is 83.4 Å². The van der Waals surface area contributed by atoms with Crippen molar-refractivity contribution in [3.05, 3.63) is 35.4 Å². The fraction of sp³-hybridized carbons (Fsp3) is 0.250. The van der Waals surface area contributed by atoms with Crippen molar-refractivity contribution in [3.8, 4) is 11.8 Å². The molecule has 2 heteroatoms. The minimum Gasteiger partial charge on any atom is -0.489 e. The van der Waals surface area contributed by atoms with Gasteiger partial charge in [0.15, 0.2) is 0 Å². The van der Waals surface area contributed by atoms with E-state index in [0.717, 1.165) is 23.3 Å². The number of fused-ring (bicyclic) bond motifs is 1. The molecule has 1 heterocycles. The van der Waals surface area contributed by atoms with Crippen LogP contribution < -0.4 is 4.74 Å². The Morgan fingerprint density at radius 3 is 3.07 bits per heavy atom. The molecule has 0 fully saturated rings. The summed E-state index contributed by atoms with van der Waals surface area (Å²) in [5, 5.41) is 8.93. The molecular weight excluding hydrogens is 174 g/mol. The van der Waals surface area contributed by atoms with Gasteiger partial charge < -0.3 is 4.74 Å². The van der Waals surface area contributed by atoms with Gasteiger partial charge in [0.25, 0.3) is 0 Å². The topological polar surface area (TPSA) is 33.0 Å². The largest absolute Gasteiger partial charge is 0.489 e. The Balaban J connectivity index is 2.53. The molecule has 0 amide bonds. The quantitative estimate of drug-likeness (QED) is 0.673. The van der Waals surface area contributed by atoms with Gasteiger partial charge in [-0.1, -0.05) is 13.0 Å². The summed E-state index contributed by atoms with van der Waals surface area (Å²) < 4.78 is 5.43. The maximum atomic E-state index is 8.93. The highest BCUT2D eigenvalue weighted by Crippen LogP contribution is 2.30. The molecule has 0 N–H and O–H groups in total. The van der Waals surface area contributed by atoms with Gasteiger partial charge >= 0.3 is 0 Å². The molecule has 0 radical (unpaired) electrons. The second-order valence-electron chi connectivity index (χ2n) is 3.22. The lowest BCUT2D eigenvalue weighted by molar-refractivity contribution is 0.357. The summed E-state index contributed by atoms with van der Waals surface area (Å²) in [5.41, 5.74) is 2.88. The van der Waals surface area contributed by atoms with E-state index in [4.69, 9.17) is 10.00 Å². The Hall–Kier alpha value is -1.75. The number of ether oxygens (including phenoxy) is 1. The summed E-state index contributed by atoms with van der Waals surface area (Å²) in [6, 6.07) is 8.21. The third-order valence-corrected chi connectivity index (χ3v) is 2.39. The summed E-state index contributed by atoms with van der Waals surface area (Å²) in [7, 11) is 0. The minimum atomic E-state index is 0.501. The number of hydrogen-bond donors (Lipinski definition) is 0. The van der Waals surface area contributed by atoms with E-state index in [9.17, 15) is 0 Å². The molecule has 1 aliphatic rings. The van der Waals surface area contributed by atoms with E-state index >= 15 is 0 Å². The molecule has 1 aromatic carbocycles. The van der Waals surface area contributed by atoms with Crippen LogP contribution in [0.25, 0.3) is 5.57 Å². The van der Waals surface area contributed by atoms with E-state index in [2.05, 4.69) is 13.0 Å². The van der Waals surface area contributed by atoms with E-state index in [-0.39, 0.29) is 0 Å². The van der Waals surface area contributed by atoms with Gasteiger partial charge in [-0.25, -0.2) is 0 Å². The highest BCUT2D eigenvalue weighted by atomic mass is 16.5. The number of nitrogens with zero attached hydrogens (tertiary/aromatic N) is 1. The third-order valence-electron chi connectivity index (χ3n) is 2.39. The van der Waals surface area contributed by atoms with Crippen molar-refractivity contribution in [2.24, 2.45) is 0 Å². The third kappa shape index (κ3) is 1.38. The fourth-order valence-electron chi connectivity index (χ4n) is 1.56. The molecule has 0 bridgehead atoms. The molecule has 0 aliphatic carbocycles. The molecule has 0 saturated heterocycles. The van der Waals surface area contributed by atoms with Crippen molar-refractivity contribution in [2.45, 2.75) is 13.3 Å². The van der Waals surface area contributed by atoms with Crippen LogP contribution in [0, 0.1) is 11.3 Å². The van der Waals surface area contributed by atoms with Crippen molar-refractivity contribution in [2.75, 3.05) is 6.61 Å². The average molecular weight is 185 g/mol. The second kappa shape index (κ2) is 3.55. The summed E-state index contributed by atoms with van der Waals surface area (Å²) in [5.74, 6) is 0.821. The van der Waals surface area contributed by atoms with Crippen LogP contribution in [0.1, 0.15) is 18.1 Å². The molecule has 1 aromatic rings. The van der Waals surface area contributed by atoms with Crippen molar-refractivity contribution < 1.29 is 4.74 Å². The fourth-order valence-corrected chi connectivity index (χ4v) is 1.56. The molecule has 0 aromatic heterocycles. The zero-order valence-corrected chi connectivity index (χ0v) is 8.08. The molecular formula is C12H11NO. The maximum Gasteiger partial charge on any atom is 0.128 e. The second-order valence-corrected chi connectivity index (χ2v) is 3.22. The number of benzene rings is 1. The van der Waals surface area contributed by atoms with Gasteiger partial charge in [-0.2, -0.15) is 5.26 Å². The Bertz CT molecular complexity index is 426. The van der Waals surface area contributed by atoms with E-state index in [1.54, 1.807) is 0 Å². The SMILES string of the molecule is CCc1ccc2c(c1)C(C#N)=CCO2. The standard InChI is InChI=1S/C12H11NO/c1-2-9-3-4-12-11(7-9)10(8-13)5-6-14-12/h3-5,7H,2,6H2,1H3. The van der Waals surface area contributed by atoms with Crippen molar-refractivity contribution in [1.29, 1.82) is 5.26 Å². The monoisotopic (exact) mass is 185 g/mol. The molecule has 2 nitrogen and oxygen atoms in total. The molecule has 0 atom stereocenters. The lowest BCUT2D eigenvalue weighted by Gasteiger charge is -2.15. The number of rotatable bonds is 1. The van der Waals surface area contributed by atoms with E-state index in [1.807, 2.05) is 24.3 Å². The number of nitriles is 1. The van der Waals surface area contributed by atoms with Gasteiger partial charge in [-0.05, 0) is 30.2 Å². The Morgan fingerprint density at radius 2 is 2.36 bits per heavy atom. The van der Waals surface area contributed by atoms with E-state index in [0.29, 0.717) is 6.61 Å². The number of hydrogen-bond acceptors (Lipinski definition) is 2. The highest BCUT2D eigenvalue weighted by Gasteiger charge is 2.13. The first kappa shape index (κ1) is 8.83. The molecule has 70 valence electrons. The maximum absolute atomic E-state index is 8.93. The van der Waals surface area contributed by atoms with Gasteiger partial charge in [0, 0.05) is 5.56 Å². The van der Waals surface area contributed by atoms with E-state index < -0.39 is 0 Å². The average Bonchev–Trinajstić information content (AvgIpc) is 2.27. The predicted molar refractivity (Wildman–Crippen MR) is 54.9 cm³/mol. The van der Waals surface area contributed by atoms with Crippen LogP contribution in [-0.2, 0) is 6.42 Å². The van der Waals surface area contributed by atoms with Gasteiger partial charge in [0.1, 0.15) is 12.4 Å².